The average molecular weight is 354 g/mol. The van der Waals surface area contributed by atoms with Crippen LogP contribution in [0.3, 0.4) is 0 Å². The average Bonchev–Trinajstić information content (AvgIpc) is 2.75. The maximum atomic E-state index is 12.5. The minimum absolute atomic E-state index is 0.0557. The van der Waals surface area contributed by atoms with Gasteiger partial charge < -0.3 is 19.4 Å². The Balaban J connectivity index is 1.39. The van der Waals surface area contributed by atoms with Crippen LogP contribution in [0, 0.1) is 0 Å². The van der Waals surface area contributed by atoms with E-state index in [9.17, 15) is 4.79 Å². The van der Waals surface area contributed by atoms with E-state index in [1.165, 1.54) is 0 Å². The molecule has 2 saturated heterocycles. The Morgan fingerprint density at radius 2 is 1.69 bits per heavy atom. The molecular weight excluding hydrogens is 332 g/mol. The number of anilines is 2. The molecule has 8 heteroatoms. The molecule has 0 bridgehead atoms. The molecule has 2 aromatic heterocycles. The SMILES string of the molecule is O=C(c1ccncc1)N1CCN(c2cc(N3CCOCC3)cnn2)CC1. The fourth-order valence-corrected chi connectivity index (χ4v) is 3.31. The quantitative estimate of drug-likeness (QED) is 0.802. The maximum absolute atomic E-state index is 12.5. The Bertz CT molecular complexity index is 742. The van der Waals surface area contributed by atoms with Gasteiger partial charge >= 0.3 is 0 Å². The van der Waals surface area contributed by atoms with E-state index < -0.39 is 0 Å². The van der Waals surface area contributed by atoms with Crippen molar-refractivity contribution in [3.8, 4) is 0 Å². The van der Waals surface area contributed by atoms with Crippen molar-refractivity contribution in [1.82, 2.24) is 20.1 Å². The number of aromatic nitrogens is 3. The molecule has 0 radical (unpaired) electrons. The zero-order valence-corrected chi connectivity index (χ0v) is 14.6. The number of nitrogens with zero attached hydrogens (tertiary/aromatic N) is 6. The van der Waals surface area contributed by atoms with Gasteiger partial charge in [0.15, 0.2) is 5.82 Å². The molecule has 0 saturated carbocycles. The van der Waals surface area contributed by atoms with Crippen molar-refractivity contribution in [1.29, 1.82) is 0 Å². The monoisotopic (exact) mass is 354 g/mol. The second-order valence-corrected chi connectivity index (χ2v) is 6.39. The first kappa shape index (κ1) is 16.7. The molecule has 0 aromatic carbocycles. The Labute approximate surface area is 152 Å². The van der Waals surface area contributed by atoms with E-state index >= 15 is 0 Å². The van der Waals surface area contributed by atoms with Crippen LogP contribution in [0.2, 0.25) is 0 Å². The van der Waals surface area contributed by atoms with Crippen molar-refractivity contribution in [2.45, 2.75) is 0 Å². The van der Waals surface area contributed by atoms with Crippen LogP contribution in [0.15, 0.2) is 36.8 Å². The molecule has 0 atom stereocenters. The van der Waals surface area contributed by atoms with Crippen molar-refractivity contribution < 1.29 is 9.53 Å². The first-order valence-corrected chi connectivity index (χ1v) is 8.91. The van der Waals surface area contributed by atoms with E-state index in [-0.39, 0.29) is 5.91 Å². The van der Waals surface area contributed by atoms with Crippen molar-refractivity contribution >= 4 is 17.4 Å². The molecule has 2 aliphatic heterocycles. The van der Waals surface area contributed by atoms with Gasteiger partial charge in [0, 0.05) is 63.3 Å². The number of amides is 1. The van der Waals surface area contributed by atoms with Crippen molar-refractivity contribution in [3.05, 3.63) is 42.4 Å². The third-order valence-corrected chi connectivity index (χ3v) is 4.82. The zero-order valence-electron chi connectivity index (χ0n) is 14.6. The minimum Gasteiger partial charge on any atom is -0.378 e. The molecule has 26 heavy (non-hydrogen) atoms. The normalized spacial score (nSPS) is 18.1. The fourth-order valence-electron chi connectivity index (χ4n) is 3.31. The van der Waals surface area contributed by atoms with Crippen LogP contribution in [0.1, 0.15) is 10.4 Å². The van der Waals surface area contributed by atoms with E-state index in [0.717, 1.165) is 50.9 Å². The lowest BCUT2D eigenvalue weighted by molar-refractivity contribution is 0.0746. The number of hydrogen-bond acceptors (Lipinski definition) is 7. The van der Waals surface area contributed by atoms with Gasteiger partial charge in [-0.1, -0.05) is 0 Å². The Morgan fingerprint density at radius 1 is 0.962 bits per heavy atom. The van der Waals surface area contributed by atoms with Crippen LogP contribution in [0.5, 0.6) is 0 Å². The number of rotatable bonds is 3. The third kappa shape index (κ3) is 3.60. The standard InChI is InChI=1S/C18H22N6O2/c25-18(15-1-3-19-4-2-15)24-7-5-23(6-8-24)17-13-16(14-20-21-17)22-9-11-26-12-10-22/h1-4,13-14H,5-12H2. The number of pyridine rings is 1. The van der Waals surface area contributed by atoms with Crippen LogP contribution in [0.25, 0.3) is 0 Å². The van der Waals surface area contributed by atoms with Crippen molar-refractivity contribution in [2.75, 3.05) is 62.3 Å². The highest BCUT2D eigenvalue weighted by Gasteiger charge is 2.23. The molecule has 1 amide bonds. The van der Waals surface area contributed by atoms with Gasteiger partial charge in [0.05, 0.1) is 25.1 Å². The summed E-state index contributed by atoms with van der Waals surface area (Å²) < 4.78 is 5.41. The number of morpholine rings is 1. The predicted molar refractivity (Wildman–Crippen MR) is 97.4 cm³/mol. The summed E-state index contributed by atoms with van der Waals surface area (Å²) >= 11 is 0. The van der Waals surface area contributed by atoms with E-state index in [1.54, 1.807) is 30.7 Å². The van der Waals surface area contributed by atoms with Gasteiger partial charge in [0.25, 0.3) is 5.91 Å². The summed E-state index contributed by atoms with van der Waals surface area (Å²) in [7, 11) is 0. The van der Waals surface area contributed by atoms with E-state index in [0.29, 0.717) is 18.7 Å². The van der Waals surface area contributed by atoms with Gasteiger partial charge in [-0.3, -0.25) is 9.78 Å². The largest absolute Gasteiger partial charge is 0.378 e. The molecule has 0 unspecified atom stereocenters. The zero-order chi connectivity index (χ0) is 17.8. The molecule has 2 aromatic rings. The van der Waals surface area contributed by atoms with Gasteiger partial charge in [0.1, 0.15) is 0 Å². The molecule has 136 valence electrons. The summed E-state index contributed by atoms with van der Waals surface area (Å²) in [5, 5.41) is 8.47. The van der Waals surface area contributed by atoms with Crippen molar-refractivity contribution in [2.24, 2.45) is 0 Å². The van der Waals surface area contributed by atoms with E-state index in [2.05, 4.69) is 31.0 Å². The molecule has 4 heterocycles. The topological polar surface area (TPSA) is 74.7 Å². The van der Waals surface area contributed by atoms with Crippen LogP contribution in [-0.4, -0.2) is 78.5 Å². The fraction of sp³-hybridized carbons (Fsp3) is 0.444. The van der Waals surface area contributed by atoms with Gasteiger partial charge in [-0.05, 0) is 12.1 Å². The summed E-state index contributed by atoms with van der Waals surface area (Å²) in [6, 6.07) is 5.59. The Morgan fingerprint density at radius 3 is 2.42 bits per heavy atom. The number of carbonyl (C=O) groups excluding carboxylic acids is 1. The number of carbonyl (C=O) groups is 1. The lowest BCUT2D eigenvalue weighted by atomic mass is 10.2. The molecular formula is C18H22N6O2. The number of ether oxygens (including phenoxy) is 1. The van der Waals surface area contributed by atoms with E-state index in [4.69, 9.17) is 4.74 Å². The Hall–Kier alpha value is -2.74. The van der Waals surface area contributed by atoms with Gasteiger partial charge in [-0.25, -0.2) is 0 Å². The van der Waals surface area contributed by atoms with Crippen LogP contribution in [-0.2, 0) is 4.74 Å². The Kier molecular flexibility index (Phi) is 4.92. The van der Waals surface area contributed by atoms with E-state index in [1.807, 2.05) is 4.90 Å². The second kappa shape index (κ2) is 7.65. The lowest BCUT2D eigenvalue weighted by Crippen LogP contribution is -2.49. The predicted octanol–water partition coefficient (Wildman–Crippen LogP) is 0.671. The maximum Gasteiger partial charge on any atom is 0.254 e. The number of piperazine rings is 1. The van der Waals surface area contributed by atoms with Crippen LogP contribution < -0.4 is 9.80 Å². The number of hydrogen-bond donors (Lipinski definition) is 0. The van der Waals surface area contributed by atoms with Gasteiger partial charge in [-0.15, -0.1) is 5.10 Å². The molecule has 0 N–H and O–H groups in total. The first-order valence-electron chi connectivity index (χ1n) is 8.91. The summed E-state index contributed by atoms with van der Waals surface area (Å²) in [6.07, 6.45) is 5.10. The van der Waals surface area contributed by atoms with Crippen molar-refractivity contribution in [3.63, 3.8) is 0 Å². The molecule has 8 nitrogen and oxygen atoms in total. The van der Waals surface area contributed by atoms with Crippen LogP contribution in [0.4, 0.5) is 11.5 Å². The summed E-state index contributed by atoms with van der Waals surface area (Å²) in [6.45, 7) is 6.07. The summed E-state index contributed by atoms with van der Waals surface area (Å²) in [5.74, 6) is 0.921. The summed E-state index contributed by atoms with van der Waals surface area (Å²) in [5.41, 5.74) is 1.76. The van der Waals surface area contributed by atoms with Gasteiger partial charge in [-0.2, -0.15) is 5.10 Å². The molecule has 2 aliphatic rings. The first-order chi connectivity index (χ1) is 12.8. The second-order valence-electron chi connectivity index (χ2n) is 6.39. The highest BCUT2D eigenvalue weighted by molar-refractivity contribution is 5.94. The molecule has 4 rings (SSSR count). The van der Waals surface area contributed by atoms with Gasteiger partial charge in [0.2, 0.25) is 0 Å². The lowest BCUT2D eigenvalue weighted by Gasteiger charge is -2.35. The molecule has 0 spiro atoms. The van der Waals surface area contributed by atoms with Crippen LogP contribution >= 0.6 is 0 Å². The third-order valence-electron chi connectivity index (χ3n) is 4.82. The summed E-state index contributed by atoms with van der Waals surface area (Å²) in [4.78, 5) is 22.8. The highest BCUT2D eigenvalue weighted by Crippen LogP contribution is 2.21. The minimum atomic E-state index is 0.0557. The smallest absolute Gasteiger partial charge is 0.254 e. The molecule has 0 aliphatic carbocycles. The highest BCUT2D eigenvalue weighted by atomic mass is 16.5. The molecule has 2 fully saturated rings.